The summed E-state index contributed by atoms with van der Waals surface area (Å²) in [5, 5.41) is 6.18. The summed E-state index contributed by atoms with van der Waals surface area (Å²) in [4.78, 5) is 4.42. The monoisotopic (exact) mass is 457 g/mol. The fraction of sp³-hybridized carbons (Fsp3) is 0.562. The van der Waals surface area contributed by atoms with Crippen LogP contribution in [-0.4, -0.2) is 44.9 Å². The molecule has 0 unspecified atom stereocenters. The molecule has 138 valence electrons. The number of ether oxygens (including phenoxy) is 2. The molecule has 0 aliphatic heterocycles. The van der Waals surface area contributed by atoms with E-state index in [0.29, 0.717) is 25.6 Å². The largest absolute Gasteiger partial charge is 0.489 e. The van der Waals surface area contributed by atoms with Gasteiger partial charge in [-0.1, -0.05) is 0 Å². The van der Waals surface area contributed by atoms with Crippen LogP contribution < -0.4 is 15.4 Å². The van der Waals surface area contributed by atoms with Gasteiger partial charge in [-0.2, -0.15) is 0 Å². The van der Waals surface area contributed by atoms with Crippen molar-refractivity contribution in [3.05, 3.63) is 29.8 Å². The molecule has 0 fully saturated rings. The number of hydrogen-bond donors (Lipinski definition) is 2. The van der Waals surface area contributed by atoms with Crippen LogP contribution in [0.25, 0.3) is 0 Å². The molecule has 0 atom stereocenters. The van der Waals surface area contributed by atoms with Gasteiger partial charge >= 0.3 is 0 Å². The summed E-state index contributed by atoms with van der Waals surface area (Å²) in [6.45, 7) is 7.71. The summed E-state index contributed by atoms with van der Waals surface area (Å²) in [6.07, 6.45) is 0. The van der Waals surface area contributed by atoms with Crippen LogP contribution in [0, 0.1) is 11.6 Å². The predicted octanol–water partition coefficient (Wildman–Crippen LogP) is 2.94. The van der Waals surface area contributed by atoms with Crippen LogP contribution in [-0.2, 0) is 4.74 Å². The van der Waals surface area contributed by atoms with Crippen LogP contribution in [0.3, 0.4) is 0 Å². The van der Waals surface area contributed by atoms with E-state index in [1.54, 1.807) is 7.11 Å². The molecule has 5 nitrogen and oxygen atoms in total. The van der Waals surface area contributed by atoms with Crippen LogP contribution in [0.2, 0.25) is 0 Å². The molecule has 0 bridgehead atoms. The van der Waals surface area contributed by atoms with Crippen molar-refractivity contribution in [2.45, 2.75) is 26.4 Å². The van der Waals surface area contributed by atoms with E-state index in [9.17, 15) is 8.78 Å². The molecule has 0 saturated heterocycles. The quantitative estimate of drug-likeness (QED) is 0.273. The molecule has 0 aromatic heterocycles. The first-order valence-electron chi connectivity index (χ1n) is 7.53. The minimum atomic E-state index is -0.715. The topological polar surface area (TPSA) is 54.9 Å². The highest BCUT2D eigenvalue weighted by molar-refractivity contribution is 14.0. The number of benzene rings is 1. The van der Waals surface area contributed by atoms with E-state index >= 15 is 0 Å². The highest BCUT2D eigenvalue weighted by atomic mass is 127. The first-order valence-corrected chi connectivity index (χ1v) is 7.53. The number of guanidine groups is 1. The number of rotatable bonds is 8. The smallest absolute Gasteiger partial charge is 0.191 e. The maximum absolute atomic E-state index is 13.4. The van der Waals surface area contributed by atoms with Gasteiger partial charge in [0.1, 0.15) is 12.4 Å². The molecule has 0 heterocycles. The Bertz CT molecular complexity index is 528. The highest BCUT2D eigenvalue weighted by Gasteiger charge is 2.15. The van der Waals surface area contributed by atoms with Gasteiger partial charge in [0, 0.05) is 19.7 Å². The van der Waals surface area contributed by atoms with E-state index in [4.69, 9.17) is 9.47 Å². The molecule has 24 heavy (non-hydrogen) atoms. The summed E-state index contributed by atoms with van der Waals surface area (Å²) in [7, 11) is 1.64. The number of aliphatic imine (C=N–C) groups is 1. The maximum atomic E-state index is 13.4. The zero-order valence-corrected chi connectivity index (χ0v) is 16.8. The molecule has 0 spiro atoms. The number of methoxy groups -OCH3 is 1. The summed E-state index contributed by atoms with van der Waals surface area (Å²) >= 11 is 0. The van der Waals surface area contributed by atoms with Crippen LogP contribution in [0.15, 0.2) is 23.2 Å². The van der Waals surface area contributed by atoms with Crippen molar-refractivity contribution < 1.29 is 18.3 Å². The Balaban J connectivity index is 0.00000529. The van der Waals surface area contributed by atoms with Gasteiger partial charge in [0.25, 0.3) is 0 Å². The van der Waals surface area contributed by atoms with Crippen molar-refractivity contribution in [1.82, 2.24) is 10.6 Å². The number of hydrogen-bond acceptors (Lipinski definition) is 3. The van der Waals surface area contributed by atoms with Gasteiger partial charge in [-0.05, 0) is 32.9 Å². The summed E-state index contributed by atoms with van der Waals surface area (Å²) in [5.74, 6) is -0.695. The van der Waals surface area contributed by atoms with E-state index in [2.05, 4.69) is 15.6 Å². The Morgan fingerprint density at radius 2 is 1.96 bits per heavy atom. The van der Waals surface area contributed by atoms with E-state index in [-0.39, 0.29) is 41.9 Å². The molecule has 0 aliphatic rings. The number of nitrogens with one attached hydrogen (secondary N) is 2. The third kappa shape index (κ3) is 8.62. The SMILES string of the molecule is CCNC(=NCC(C)(C)OC)NCCOc1ccc(F)cc1F.I. The van der Waals surface area contributed by atoms with Gasteiger partial charge in [0.2, 0.25) is 0 Å². The van der Waals surface area contributed by atoms with E-state index in [1.165, 1.54) is 6.07 Å². The second-order valence-corrected chi connectivity index (χ2v) is 5.51. The Hall–Kier alpha value is -1.16. The Morgan fingerprint density at radius 1 is 1.25 bits per heavy atom. The first-order chi connectivity index (χ1) is 10.9. The van der Waals surface area contributed by atoms with Gasteiger partial charge in [-0.15, -0.1) is 24.0 Å². The van der Waals surface area contributed by atoms with Crippen LogP contribution in [0.4, 0.5) is 8.78 Å². The molecule has 8 heteroatoms. The minimum Gasteiger partial charge on any atom is -0.489 e. The second kappa shape index (κ2) is 11.4. The Kier molecular flexibility index (Phi) is 10.9. The standard InChI is InChI=1S/C16H25F2N3O2.HI/c1-5-19-15(21-11-16(2,3)22-4)20-8-9-23-14-7-6-12(17)10-13(14)18;/h6-7,10H,5,8-9,11H2,1-4H3,(H2,19,20,21);1H. The summed E-state index contributed by atoms with van der Waals surface area (Å²) in [5.41, 5.74) is -0.351. The Morgan fingerprint density at radius 3 is 2.54 bits per heavy atom. The number of halogens is 3. The van der Waals surface area contributed by atoms with Gasteiger partial charge in [0.15, 0.2) is 17.5 Å². The van der Waals surface area contributed by atoms with Crippen LogP contribution in [0.1, 0.15) is 20.8 Å². The average molecular weight is 457 g/mol. The molecule has 1 aromatic carbocycles. The lowest BCUT2D eigenvalue weighted by Gasteiger charge is -2.21. The van der Waals surface area contributed by atoms with Crippen LogP contribution >= 0.6 is 24.0 Å². The molecule has 0 amide bonds. The van der Waals surface area contributed by atoms with Crippen LogP contribution in [0.5, 0.6) is 5.75 Å². The lowest BCUT2D eigenvalue weighted by molar-refractivity contribution is 0.0310. The fourth-order valence-electron chi connectivity index (χ4n) is 1.60. The molecule has 0 saturated carbocycles. The van der Waals surface area contributed by atoms with E-state index < -0.39 is 11.6 Å². The third-order valence-corrected chi connectivity index (χ3v) is 3.06. The summed E-state index contributed by atoms with van der Waals surface area (Å²) < 4.78 is 36.8. The van der Waals surface area contributed by atoms with Gasteiger partial charge in [0.05, 0.1) is 18.7 Å². The molecular formula is C16H26F2IN3O2. The highest BCUT2D eigenvalue weighted by Crippen LogP contribution is 2.17. The van der Waals surface area contributed by atoms with Gasteiger partial charge in [-0.3, -0.25) is 4.99 Å². The van der Waals surface area contributed by atoms with Crippen molar-refractivity contribution in [3.63, 3.8) is 0 Å². The molecule has 0 radical (unpaired) electrons. The molecular weight excluding hydrogens is 431 g/mol. The lowest BCUT2D eigenvalue weighted by Crippen LogP contribution is -2.40. The van der Waals surface area contributed by atoms with Crippen molar-refractivity contribution in [2.75, 3.05) is 33.4 Å². The maximum Gasteiger partial charge on any atom is 0.191 e. The van der Waals surface area contributed by atoms with Gasteiger partial charge in [-0.25, -0.2) is 8.78 Å². The van der Waals surface area contributed by atoms with Crippen molar-refractivity contribution in [3.8, 4) is 5.75 Å². The van der Waals surface area contributed by atoms with E-state index in [0.717, 1.165) is 12.1 Å². The zero-order chi connectivity index (χ0) is 17.3. The average Bonchev–Trinajstić information content (AvgIpc) is 2.50. The van der Waals surface area contributed by atoms with E-state index in [1.807, 2.05) is 20.8 Å². The number of nitrogens with zero attached hydrogens (tertiary/aromatic N) is 1. The lowest BCUT2D eigenvalue weighted by atomic mass is 10.1. The minimum absolute atomic E-state index is 0. The normalized spacial score (nSPS) is 11.7. The van der Waals surface area contributed by atoms with Crippen molar-refractivity contribution >= 4 is 29.9 Å². The fourth-order valence-corrected chi connectivity index (χ4v) is 1.60. The summed E-state index contributed by atoms with van der Waals surface area (Å²) in [6, 6.07) is 3.22. The zero-order valence-electron chi connectivity index (χ0n) is 14.5. The molecule has 1 aromatic rings. The van der Waals surface area contributed by atoms with Crippen molar-refractivity contribution in [2.24, 2.45) is 4.99 Å². The molecule has 2 N–H and O–H groups in total. The Labute approximate surface area is 159 Å². The predicted molar refractivity (Wildman–Crippen MR) is 102 cm³/mol. The van der Waals surface area contributed by atoms with Crippen molar-refractivity contribution in [1.29, 1.82) is 0 Å². The van der Waals surface area contributed by atoms with Gasteiger partial charge < -0.3 is 20.1 Å². The third-order valence-electron chi connectivity index (χ3n) is 3.06. The molecule has 1 rings (SSSR count). The first kappa shape index (κ1) is 22.8. The second-order valence-electron chi connectivity index (χ2n) is 5.51. The molecule has 0 aliphatic carbocycles.